The van der Waals surface area contributed by atoms with Crippen LogP contribution in [0.15, 0.2) is 17.0 Å². The average molecular weight is 323 g/mol. The second kappa shape index (κ2) is 6.85. The fourth-order valence-corrected chi connectivity index (χ4v) is 3.60. The molecular weight excluding hydrogens is 303 g/mol. The van der Waals surface area contributed by atoms with Crippen LogP contribution in [0.1, 0.15) is 32.8 Å². The molecule has 0 saturated heterocycles. The molecule has 1 aromatic carbocycles. The highest BCUT2D eigenvalue weighted by Gasteiger charge is 2.23. The Labute approximate surface area is 124 Å². The van der Waals surface area contributed by atoms with E-state index in [1.54, 1.807) is 0 Å². The van der Waals surface area contributed by atoms with E-state index in [1.165, 1.54) is 6.07 Å². The predicted octanol–water partition coefficient (Wildman–Crippen LogP) is 2.65. The van der Waals surface area contributed by atoms with Crippen molar-refractivity contribution >= 4 is 21.6 Å². The Balaban J connectivity index is 3.19. The van der Waals surface area contributed by atoms with E-state index in [1.807, 2.05) is 20.8 Å². The molecule has 1 rings (SSSR count). The largest absolute Gasteiger partial charge is 0.326 e. The molecule has 0 radical (unpaired) electrons. The molecule has 0 saturated carbocycles. The highest BCUT2D eigenvalue weighted by atomic mass is 35.5. The molecule has 4 nitrogen and oxygen atoms in total. The highest BCUT2D eigenvalue weighted by molar-refractivity contribution is 7.89. The normalized spacial score (nSPS) is 13.8. The summed E-state index contributed by atoms with van der Waals surface area (Å²) < 4.78 is 40.8. The molecule has 0 bridgehead atoms. The Kier molecular flexibility index (Phi) is 5.94. The summed E-state index contributed by atoms with van der Waals surface area (Å²) in [6, 6.07) is 2.01. The molecule has 1 aromatic rings. The van der Waals surface area contributed by atoms with Gasteiger partial charge >= 0.3 is 0 Å². The van der Waals surface area contributed by atoms with Gasteiger partial charge in [0, 0.05) is 12.6 Å². The minimum Gasteiger partial charge on any atom is -0.326 e. The maximum Gasteiger partial charge on any atom is 0.240 e. The first kappa shape index (κ1) is 17.4. The van der Waals surface area contributed by atoms with Crippen molar-refractivity contribution in [3.05, 3.63) is 28.5 Å². The minimum atomic E-state index is -3.79. The lowest BCUT2D eigenvalue weighted by Gasteiger charge is -2.21. The number of nitrogens with one attached hydrogen (secondary N) is 1. The highest BCUT2D eigenvalue weighted by Crippen LogP contribution is 2.24. The number of hydrogen-bond donors (Lipinski definition) is 2. The third kappa shape index (κ3) is 3.91. The molecule has 0 spiro atoms. The van der Waals surface area contributed by atoms with Crippen molar-refractivity contribution in [2.45, 2.75) is 44.7 Å². The minimum absolute atomic E-state index is 0.0273. The Morgan fingerprint density at radius 1 is 1.40 bits per heavy atom. The van der Waals surface area contributed by atoms with E-state index >= 15 is 0 Å². The van der Waals surface area contributed by atoms with Gasteiger partial charge in [-0.2, -0.15) is 0 Å². The number of halogens is 2. The van der Waals surface area contributed by atoms with Crippen LogP contribution in [0.3, 0.4) is 0 Å². The van der Waals surface area contributed by atoms with Gasteiger partial charge in [-0.1, -0.05) is 32.4 Å². The summed E-state index contributed by atoms with van der Waals surface area (Å²) in [5.41, 5.74) is 5.71. The zero-order valence-corrected chi connectivity index (χ0v) is 13.4. The summed E-state index contributed by atoms with van der Waals surface area (Å²) in [5.74, 6) is -0.645. The molecule has 3 N–H and O–H groups in total. The number of benzene rings is 1. The molecule has 20 heavy (non-hydrogen) atoms. The second-order valence-corrected chi connectivity index (χ2v) is 7.05. The monoisotopic (exact) mass is 322 g/mol. The first-order chi connectivity index (χ1) is 9.22. The van der Waals surface area contributed by atoms with Crippen LogP contribution < -0.4 is 10.5 Å². The first-order valence-corrected chi connectivity index (χ1v) is 8.29. The van der Waals surface area contributed by atoms with Gasteiger partial charge in [-0.3, -0.25) is 0 Å². The SMILES string of the molecule is CCC(NS(=O)(=O)c1cc(F)c(Cl)c(CN)c1)C(C)C. The molecule has 0 aromatic heterocycles. The molecule has 7 heteroatoms. The maximum atomic E-state index is 13.7. The fourth-order valence-electron chi connectivity index (χ4n) is 1.88. The molecule has 0 aliphatic heterocycles. The number of hydrogen-bond acceptors (Lipinski definition) is 3. The van der Waals surface area contributed by atoms with Crippen LogP contribution in [-0.2, 0) is 16.6 Å². The topological polar surface area (TPSA) is 72.2 Å². The lowest BCUT2D eigenvalue weighted by molar-refractivity contribution is 0.437. The lowest BCUT2D eigenvalue weighted by atomic mass is 10.0. The molecule has 0 aliphatic rings. The van der Waals surface area contributed by atoms with Crippen LogP contribution in [0.25, 0.3) is 0 Å². The average Bonchev–Trinajstić information content (AvgIpc) is 2.38. The number of nitrogens with two attached hydrogens (primary N) is 1. The summed E-state index contributed by atoms with van der Waals surface area (Å²) >= 11 is 5.73. The van der Waals surface area contributed by atoms with Gasteiger partial charge in [-0.25, -0.2) is 17.5 Å². The molecule has 1 atom stereocenters. The van der Waals surface area contributed by atoms with Gasteiger partial charge in [0.25, 0.3) is 0 Å². The second-order valence-electron chi connectivity index (χ2n) is 4.96. The predicted molar refractivity (Wildman–Crippen MR) is 78.5 cm³/mol. The Morgan fingerprint density at radius 2 is 2.00 bits per heavy atom. The summed E-state index contributed by atoms with van der Waals surface area (Å²) in [4.78, 5) is -0.154. The van der Waals surface area contributed by atoms with E-state index < -0.39 is 15.8 Å². The summed E-state index contributed by atoms with van der Waals surface area (Å²) in [6.07, 6.45) is 0.650. The third-order valence-corrected chi connectivity index (χ3v) is 5.05. The van der Waals surface area contributed by atoms with Crippen molar-refractivity contribution in [1.29, 1.82) is 0 Å². The van der Waals surface area contributed by atoms with Crippen molar-refractivity contribution in [3.63, 3.8) is 0 Å². The van der Waals surface area contributed by atoms with Crippen LogP contribution in [0.5, 0.6) is 0 Å². The zero-order chi connectivity index (χ0) is 15.5. The van der Waals surface area contributed by atoms with E-state index in [-0.39, 0.29) is 34.0 Å². The Hall–Kier alpha value is -0.690. The van der Waals surface area contributed by atoms with Gasteiger partial charge in [-0.15, -0.1) is 0 Å². The van der Waals surface area contributed by atoms with Gasteiger partial charge < -0.3 is 5.73 Å². The van der Waals surface area contributed by atoms with Crippen LogP contribution >= 0.6 is 11.6 Å². The van der Waals surface area contributed by atoms with Gasteiger partial charge in [0.15, 0.2) is 0 Å². The van der Waals surface area contributed by atoms with Crippen molar-refractivity contribution in [3.8, 4) is 0 Å². The van der Waals surface area contributed by atoms with Gasteiger partial charge in [0.1, 0.15) is 5.82 Å². The van der Waals surface area contributed by atoms with E-state index in [0.717, 1.165) is 6.07 Å². The molecule has 0 amide bonds. The van der Waals surface area contributed by atoms with Crippen molar-refractivity contribution < 1.29 is 12.8 Å². The van der Waals surface area contributed by atoms with Crippen molar-refractivity contribution in [2.24, 2.45) is 11.7 Å². The van der Waals surface area contributed by atoms with Gasteiger partial charge in [0.05, 0.1) is 9.92 Å². The first-order valence-electron chi connectivity index (χ1n) is 6.43. The Morgan fingerprint density at radius 3 is 2.45 bits per heavy atom. The van der Waals surface area contributed by atoms with Gasteiger partial charge in [0.2, 0.25) is 10.0 Å². The molecule has 0 aliphatic carbocycles. The lowest BCUT2D eigenvalue weighted by Crippen LogP contribution is -2.38. The smallest absolute Gasteiger partial charge is 0.240 e. The van der Waals surface area contributed by atoms with E-state index in [4.69, 9.17) is 17.3 Å². The van der Waals surface area contributed by atoms with E-state index in [0.29, 0.717) is 6.42 Å². The van der Waals surface area contributed by atoms with Crippen LogP contribution in [0.2, 0.25) is 5.02 Å². The number of rotatable bonds is 6. The summed E-state index contributed by atoms with van der Waals surface area (Å²) in [7, 11) is -3.79. The van der Waals surface area contributed by atoms with Crippen LogP contribution in [0.4, 0.5) is 4.39 Å². The third-order valence-electron chi connectivity index (χ3n) is 3.16. The molecule has 0 heterocycles. The maximum absolute atomic E-state index is 13.7. The standard InChI is InChI=1S/C13H20ClFN2O2S/c1-4-12(8(2)3)17-20(18,19)10-5-9(7-16)13(14)11(15)6-10/h5-6,8,12,17H,4,7,16H2,1-3H3. The zero-order valence-electron chi connectivity index (χ0n) is 11.8. The van der Waals surface area contributed by atoms with Crippen LogP contribution in [0, 0.1) is 11.7 Å². The molecule has 0 fully saturated rings. The fraction of sp³-hybridized carbons (Fsp3) is 0.538. The van der Waals surface area contributed by atoms with Gasteiger partial charge in [-0.05, 0) is 30.0 Å². The molecule has 114 valence electrons. The van der Waals surface area contributed by atoms with E-state index in [9.17, 15) is 12.8 Å². The summed E-state index contributed by atoms with van der Waals surface area (Å²) in [6.45, 7) is 5.70. The Bertz CT molecular complexity index is 576. The van der Waals surface area contributed by atoms with Crippen molar-refractivity contribution in [1.82, 2.24) is 4.72 Å². The van der Waals surface area contributed by atoms with E-state index in [2.05, 4.69) is 4.72 Å². The quantitative estimate of drug-likeness (QED) is 0.845. The molecular formula is C13H20ClFN2O2S. The summed E-state index contributed by atoms with van der Waals surface area (Å²) in [5, 5.41) is -0.137. The van der Waals surface area contributed by atoms with Crippen LogP contribution in [-0.4, -0.2) is 14.5 Å². The van der Waals surface area contributed by atoms with Crippen molar-refractivity contribution in [2.75, 3.05) is 0 Å². The number of sulfonamides is 1. The molecule has 1 unspecified atom stereocenters.